The second kappa shape index (κ2) is 10.1. The van der Waals surface area contributed by atoms with E-state index in [1.54, 1.807) is 0 Å². The van der Waals surface area contributed by atoms with Gasteiger partial charge in [-0.1, -0.05) is 82.3 Å². The van der Waals surface area contributed by atoms with Gasteiger partial charge >= 0.3 is 0 Å². The number of hydrogen-bond acceptors (Lipinski definition) is 1. The van der Waals surface area contributed by atoms with Crippen molar-refractivity contribution in [3.63, 3.8) is 0 Å². The van der Waals surface area contributed by atoms with E-state index in [2.05, 4.69) is 132 Å². The summed E-state index contributed by atoms with van der Waals surface area (Å²) in [5, 5.41) is 4.80. The monoisotopic (exact) mass is 529 g/mol. The summed E-state index contributed by atoms with van der Waals surface area (Å²) in [6.45, 7) is 14.5. The predicted octanol–water partition coefficient (Wildman–Crippen LogP) is 8.20. The van der Waals surface area contributed by atoms with E-state index in [0.29, 0.717) is 11.5 Å². The van der Waals surface area contributed by atoms with Crippen molar-refractivity contribution in [2.75, 3.05) is 6.16 Å². The Morgan fingerprint density at radius 2 is 1.27 bits per heavy atom. The SMILES string of the molecule is CC(C)(C)[Si](C)(C)O[C@H]1CC[C@@]2(C)[C@H]1[C@@H]2CCC[P+](c1ccccc1)(c1ccccc1)c1ccccc1. The van der Waals surface area contributed by atoms with Crippen LogP contribution < -0.4 is 15.9 Å². The predicted molar refractivity (Wildman–Crippen MR) is 166 cm³/mol. The van der Waals surface area contributed by atoms with Crippen molar-refractivity contribution in [2.45, 2.75) is 77.6 Å². The van der Waals surface area contributed by atoms with Crippen molar-refractivity contribution in [2.24, 2.45) is 17.3 Å². The van der Waals surface area contributed by atoms with Gasteiger partial charge in [-0.15, -0.1) is 0 Å². The first-order valence-corrected chi connectivity index (χ1v) is 19.2. The topological polar surface area (TPSA) is 9.23 Å². The Morgan fingerprint density at radius 3 is 1.70 bits per heavy atom. The Balaban J connectivity index is 1.39. The molecule has 0 unspecified atom stereocenters. The summed E-state index contributed by atoms with van der Waals surface area (Å²) in [5.74, 6) is 1.58. The molecule has 196 valence electrons. The largest absolute Gasteiger partial charge is 0.414 e. The van der Waals surface area contributed by atoms with Gasteiger partial charge in [-0.25, -0.2) is 0 Å². The molecule has 4 atom stereocenters. The molecule has 37 heavy (non-hydrogen) atoms. The van der Waals surface area contributed by atoms with Crippen LogP contribution in [0.1, 0.15) is 53.4 Å². The van der Waals surface area contributed by atoms with Gasteiger partial charge in [0.15, 0.2) is 8.32 Å². The molecule has 0 radical (unpaired) electrons. The molecule has 2 aliphatic rings. The summed E-state index contributed by atoms with van der Waals surface area (Å²) < 4.78 is 7.01. The molecule has 2 saturated carbocycles. The quantitative estimate of drug-likeness (QED) is 0.200. The number of hydrogen-bond donors (Lipinski definition) is 0. The molecule has 5 rings (SSSR count). The molecule has 0 aliphatic heterocycles. The van der Waals surface area contributed by atoms with E-state index in [4.69, 9.17) is 4.43 Å². The Kier molecular flexibility index (Phi) is 7.33. The van der Waals surface area contributed by atoms with Crippen molar-refractivity contribution in [3.05, 3.63) is 91.0 Å². The highest BCUT2D eigenvalue weighted by molar-refractivity contribution is 7.95. The molecule has 0 amide bonds. The fraction of sp³-hybridized carbons (Fsp3) is 0.471. The third kappa shape index (κ3) is 4.91. The van der Waals surface area contributed by atoms with Crippen LogP contribution in [0.4, 0.5) is 0 Å². The first-order valence-electron chi connectivity index (χ1n) is 14.3. The molecular formula is C34H46OPSi+. The Hall–Kier alpha value is -1.73. The number of benzene rings is 3. The fourth-order valence-electron chi connectivity index (χ4n) is 7.00. The van der Waals surface area contributed by atoms with Gasteiger partial charge in [-0.3, -0.25) is 0 Å². The molecule has 3 aromatic carbocycles. The van der Waals surface area contributed by atoms with Crippen LogP contribution in [0.25, 0.3) is 0 Å². The average Bonchev–Trinajstić information content (AvgIpc) is 3.33. The summed E-state index contributed by atoms with van der Waals surface area (Å²) in [6, 6.07) is 34.1. The minimum Gasteiger partial charge on any atom is -0.414 e. The van der Waals surface area contributed by atoms with Gasteiger partial charge in [0.1, 0.15) is 23.2 Å². The Morgan fingerprint density at radius 1 is 0.811 bits per heavy atom. The lowest BCUT2D eigenvalue weighted by Gasteiger charge is -2.39. The lowest BCUT2D eigenvalue weighted by Crippen LogP contribution is -2.44. The summed E-state index contributed by atoms with van der Waals surface area (Å²) >= 11 is 0. The van der Waals surface area contributed by atoms with Crippen LogP contribution in [-0.2, 0) is 4.43 Å². The molecule has 0 bridgehead atoms. The molecule has 3 heteroatoms. The summed E-state index contributed by atoms with van der Waals surface area (Å²) in [6.07, 6.45) is 6.92. The maximum Gasteiger partial charge on any atom is 0.192 e. The highest BCUT2D eigenvalue weighted by Crippen LogP contribution is 2.71. The zero-order valence-electron chi connectivity index (χ0n) is 23.8. The number of fused-ring (bicyclic) bond motifs is 1. The van der Waals surface area contributed by atoms with Gasteiger partial charge in [-0.05, 0) is 97.5 Å². The molecule has 0 heterocycles. The molecule has 0 N–H and O–H groups in total. The van der Waals surface area contributed by atoms with E-state index >= 15 is 0 Å². The van der Waals surface area contributed by atoms with Crippen LogP contribution in [0.3, 0.4) is 0 Å². The van der Waals surface area contributed by atoms with Gasteiger partial charge < -0.3 is 4.43 Å². The minimum atomic E-state index is -1.74. The third-order valence-electron chi connectivity index (χ3n) is 10.2. The summed E-state index contributed by atoms with van der Waals surface area (Å²) in [5.41, 5.74) is 0.500. The Labute approximate surface area is 227 Å². The maximum absolute atomic E-state index is 7.01. The van der Waals surface area contributed by atoms with Crippen molar-refractivity contribution in [1.29, 1.82) is 0 Å². The first kappa shape index (κ1) is 26.9. The molecule has 3 aromatic rings. The first-order chi connectivity index (χ1) is 17.6. The van der Waals surface area contributed by atoms with Crippen molar-refractivity contribution < 1.29 is 4.43 Å². The summed E-state index contributed by atoms with van der Waals surface area (Å²) in [7, 11) is -3.46. The lowest BCUT2D eigenvalue weighted by molar-refractivity contribution is 0.156. The van der Waals surface area contributed by atoms with Crippen molar-refractivity contribution in [3.8, 4) is 0 Å². The zero-order valence-corrected chi connectivity index (χ0v) is 25.7. The van der Waals surface area contributed by atoms with Crippen LogP contribution in [0.5, 0.6) is 0 Å². The van der Waals surface area contributed by atoms with Crippen LogP contribution in [-0.4, -0.2) is 20.6 Å². The van der Waals surface area contributed by atoms with Gasteiger partial charge in [0, 0.05) is 6.10 Å². The van der Waals surface area contributed by atoms with Crippen LogP contribution in [0, 0.1) is 17.3 Å². The smallest absolute Gasteiger partial charge is 0.192 e. The number of rotatable bonds is 9. The van der Waals surface area contributed by atoms with Gasteiger partial charge in [0.25, 0.3) is 0 Å². The summed E-state index contributed by atoms with van der Waals surface area (Å²) in [4.78, 5) is 0. The van der Waals surface area contributed by atoms with E-state index in [1.807, 2.05) is 0 Å². The van der Waals surface area contributed by atoms with Gasteiger partial charge in [-0.2, -0.15) is 0 Å². The molecule has 2 aliphatic carbocycles. The molecule has 0 saturated heterocycles. The molecule has 0 spiro atoms. The second-order valence-electron chi connectivity index (χ2n) is 13.3. The second-order valence-corrected chi connectivity index (χ2v) is 21.6. The molecule has 0 aromatic heterocycles. The van der Waals surface area contributed by atoms with E-state index in [9.17, 15) is 0 Å². The lowest BCUT2D eigenvalue weighted by atomic mass is 9.99. The highest BCUT2D eigenvalue weighted by Gasteiger charge is 2.67. The van der Waals surface area contributed by atoms with Crippen LogP contribution in [0.2, 0.25) is 18.1 Å². The standard InChI is InChI=1S/C34H46OPSi/c1-33(2,3)37(5,6)35-31-24-25-34(4)30(32(31)34)23-16-26-36(27-17-10-7-11-18-27,28-19-12-8-13-20-28)29-21-14-9-15-22-29/h7-15,17-22,30-32H,16,23-26H2,1-6H3/q+1/t30-,31-,32-,34+/m0/s1. The van der Waals surface area contributed by atoms with Gasteiger partial charge in [0.2, 0.25) is 0 Å². The molecule has 1 nitrogen and oxygen atoms in total. The van der Waals surface area contributed by atoms with E-state index in [-0.39, 0.29) is 5.04 Å². The van der Waals surface area contributed by atoms with Crippen molar-refractivity contribution in [1.82, 2.24) is 0 Å². The van der Waals surface area contributed by atoms with Gasteiger partial charge in [0.05, 0.1) is 6.16 Å². The van der Waals surface area contributed by atoms with E-state index < -0.39 is 15.6 Å². The normalized spacial score (nSPS) is 25.6. The Bertz CT molecular complexity index is 1070. The fourth-order valence-corrected chi connectivity index (χ4v) is 12.7. The zero-order chi connectivity index (χ0) is 26.3. The van der Waals surface area contributed by atoms with Crippen LogP contribution in [0.15, 0.2) is 91.0 Å². The highest BCUT2D eigenvalue weighted by atomic mass is 31.2. The third-order valence-corrected chi connectivity index (χ3v) is 19.2. The van der Waals surface area contributed by atoms with Crippen molar-refractivity contribution >= 4 is 31.5 Å². The van der Waals surface area contributed by atoms with E-state index in [1.165, 1.54) is 47.8 Å². The molecular weight excluding hydrogens is 483 g/mol. The van der Waals surface area contributed by atoms with E-state index in [0.717, 1.165) is 11.8 Å². The molecule has 2 fully saturated rings. The maximum atomic E-state index is 7.01. The van der Waals surface area contributed by atoms with Crippen LogP contribution >= 0.6 is 7.26 Å². The minimum absolute atomic E-state index is 0.279. The average molecular weight is 530 g/mol.